The third-order valence-corrected chi connectivity index (χ3v) is 2.25. The number of benzene rings is 1. The summed E-state index contributed by atoms with van der Waals surface area (Å²) >= 11 is 0. The SMILES string of the molecule is CN(C)CC(CN)c1ccccc1O. The fraction of sp³-hybridized carbons (Fsp3) is 0.455. The van der Waals surface area contributed by atoms with E-state index >= 15 is 0 Å². The van der Waals surface area contributed by atoms with Crippen molar-refractivity contribution < 1.29 is 5.11 Å². The summed E-state index contributed by atoms with van der Waals surface area (Å²) in [4.78, 5) is 2.07. The van der Waals surface area contributed by atoms with Crippen LogP contribution in [-0.2, 0) is 0 Å². The molecule has 0 aromatic heterocycles. The smallest absolute Gasteiger partial charge is 0.119 e. The van der Waals surface area contributed by atoms with Crippen molar-refractivity contribution in [2.75, 3.05) is 27.2 Å². The van der Waals surface area contributed by atoms with Crippen molar-refractivity contribution in [3.63, 3.8) is 0 Å². The van der Waals surface area contributed by atoms with Gasteiger partial charge in [0.25, 0.3) is 0 Å². The maximum Gasteiger partial charge on any atom is 0.119 e. The molecule has 0 saturated heterocycles. The van der Waals surface area contributed by atoms with Crippen LogP contribution in [0.1, 0.15) is 11.5 Å². The lowest BCUT2D eigenvalue weighted by atomic mass is 9.98. The second-order valence-electron chi connectivity index (χ2n) is 3.75. The maximum atomic E-state index is 9.65. The summed E-state index contributed by atoms with van der Waals surface area (Å²) in [5.41, 5.74) is 6.62. The molecule has 0 spiro atoms. The number of phenolic OH excluding ortho intramolecular Hbond substituents is 1. The Labute approximate surface area is 85.2 Å². The van der Waals surface area contributed by atoms with Gasteiger partial charge in [0.15, 0.2) is 0 Å². The predicted molar refractivity (Wildman–Crippen MR) is 58.5 cm³/mol. The summed E-state index contributed by atoms with van der Waals surface area (Å²) in [6, 6.07) is 7.37. The van der Waals surface area contributed by atoms with Crippen molar-refractivity contribution in [3.8, 4) is 5.75 Å². The van der Waals surface area contributed by atoms with Gasteiger partial charge < -0.3 is 15.7 Å². The number of phenols is 1. The molecule has 1 unspecified atom stereocenters. The molecular formula is C11H18N2O. The number of hydrogen-bond acceptors (Lipinski definition) is 3. The van der Waals surface area contributed by atoms with Crippen LogP contribution in [0.25, 0.3) is 0 Å². The van der Waals surface area contributed by atoms with Crippen LogP contribution in [0, 0.1) is 0 Å². The molecule has 0 bridgehead atoms. The number of likely N-dealkylation sites (N-methyl/N-ethyl adjacent to an activating group) is 1. The number of para-hydroxylation sites is 1. The third-order valence-electron chi connectivity index (χ3n) is 2.25. The van der Waals surface area contributed by atoms with E-state index in [0.29, 0.717) is 12.3 Å². The lowest BCUT2D eigenvalue weighted by Crippen LogP contribution is -2.25. The summed E-state index contributed by atoms with van der Waals surface area (Å²) in [5.74, 6) is 0.538. The molecule has 0 aliphatic rings. The van der Waals surface area contributed by atoms with Crippen LogP contribution < -0.4 is 5.73 Å². The Kier molecular flexibility index (Phi) is 3.92. The largest absolute Gasteiger partial charge is 0.508 e. The quantitative estimate of drug-likeness (QED) is 0.751. The van der Waals surface area contributed by atoms with Gasteiger partial charge in [-0.15, -0.1) is 0 Å². The van der Waals surface area contributed by atoms with E-state index in [2.05, 4.69) is 4.90 Å². The van der Waals surface area contributed by atoms with Crippen LogP contribution in [0.2, 0.25) is 0 Å². The van der Waals surface area contributed by atoms with Crippen LogP contribution in [0.15, 0.2) is 24.3 Å². The van der Waals surface area contributed by atoms with Gasteiger partial charge >= 0.3 is 0 Å². The average Bonchev–Trinajstić information content (AvgIpc) is 2.15. The minimum Gasteiger partial charge on any atom is -0.508 e. The number of aromatic hydroxyl groups is 1. The van der Waals surface area contributed by atoms with E-state index in [-0.39, 0.29) is 5.92 Å². The number of hydrogen-bond donors (Lipinski definition) is 2. The normalized spacial score (nSPS) is 13.1. The van der Waals surface area contributed by atoms with Gasteiger partial charge in [-0.1, -0.05) is 18.2 Å². The van der Waals surface area contributed by atoms with Gasteiger partial charge in [0.05, 0.1) is 0 Å². The first kappa shape index (κ1) is 11.0. The molecule has 1 atom stereocenters. The Bertz CT molecular complexity index is 286. The first-order chi connectivity index (χ1) is 6.65. The van der Waals surface area contributed by atoms with Crippen LogP contribution in [-0.4, -0.2) is 37.2 Å². The van der Waals surface area contributed by atoms with Gasteiger partial charge in [-0.2, -0.15) is 0 Å². The Balaban J connectivity index is 2.83. The number of nitrogens with two attached hydrogens (primary N) is 1. The zero-order valence-electron chi connectivity index (χ0n) is 8.77. The van der Waals surface area contributed by atoms with Crippen molar-refractivity contribution in [3.05, 3.63) is 29.8 Å². The minimum absolute atomic E-state index is 0.200. The van der Waals surface area contributed by atoms with E-state index in [0.717, 1.165) is 12.1 Å². The molecule has 3 nitrogen and oxygen atoms in total. The molecular weight excluding hydrogens is 176 g/mol. The highest BCUT2D eigenvalue weighted by molar-refractivity contribution is 5.35. The molecule has 3 heteroatoms. The lowest BCUT2D eigenvalue weighted by molar-refractivity contribution is 0.368. The van der Waals surface area contributed by atoms with E-state index < -0.39 is 0 Å². The molecule has 78 valence electrons. The second kappa shape index (κ2) is 4.98. The molecule has 1 aromatic carbocycles. The minimum atomic E-state index is 0.200. The van der Waals surface area contributed by atoms with Crippen molar-refractivity contribution in [1.29, 1.82) is 0 Å². The van der Waals surface area contributed by atoms with Crippen molar-refractivity contribution in [1.82, 2.24) is 4.90 Å². The van der Waals surface area contributed by atoms with Gasteiger partial charge in [0.1, 0.15) is 5.75 Å². The zero-order valence-corrected chi connectivity index (χ0v) is 8.77. The van der Waals surface area contributed by atoms with E-state index in [1.807, 2.05) is 32.3 Å². The summed E-state index contributed by atoms with van der Waals surface area (Å²) in [6.07, 6.45) is 0. The first-order valence-electron chi connectivity index (χ1n) is 4.78. The summed E-state index contributed by atoms with van der Waals surface area (Å²) in [6.45, 7) is 1.41. The van der Waals surface area contributed by atoms with E-state index in [9.17, 15) is 5.11 Å². The van der Waals surface area contributed by atoms with Crippen molar-refractivity contribution in [2.24, 2.45) is 5.73 Å². The van der Waals surface area contributed by atoms with Crippen LogP contribution in [0.3, 0.4) is 0 Å². The molecule has 0 aliphatic carbocycles. The Hall–Kier alpha value is -1.06. The molecule has 0 saturated carbocycles. The van der Waals surface area contributed by atoms with Gasteiger partial charge in [-0.25, -0.2) is 0 Å². The van der Waals surface area contributed by atoms with Crippen LogP contribution in [0.5, 0.6) is 5.75 Å². The molecule has 0 amide bonds. The van der Waals surface area contributed by atoms with Crippen LogP contribution >= 0.6 is 0 Å². The zero-order chi connectivity index (χ0) is 10.6. The van der Waals surface area contributed by atoms with Gasteiger partial charge in [-0.3, -0.25) is 0 Å². The highest BCUT2D eigenvalue weighted by Crippen LogP contribution is 2.24. The first-order valence-corrected chi connectivity index (χ1v) is 4.78. The van der Waals surface area contributed by atoms with Crippen molar-refractivity contribution in [2.45, 2.75) is 5.92 Å². The molecule has 1 rings (SSSR count). The predicted octanol–water partition coefficient (Wildman–Crippen LogP) is 0.996. The summed E-state index contributed by atoms with van der Waals surface area (Å²) in [5, 5.41) is 9.65. The number of rotatable bonds is 4. The lowest BCUT2D eigenvalue weighted by Gasteiger charge is -2.20. The highest BCUT2D eigenvalue weighted by Gasteiger charge is 2.13. The van der Waals surface area contributed by atoms with E-state index in [4.69, 9.17) is 5.73 Å². The Morgan fingerprint density at radius 3 is 2.50 bits per heavy atom. The average molecular weight is 194 g/mol. The monoisotopic (exact) mass is 194 g/mol. The highest BCUT2D eigenvalue weighted by atomic mass is 16.3. The Morgan fingerprint density at radius 2 is 2.00 bits per heavy atom. The molecule has 1 aromatic rings. The van der Waals surface area contributed by atoms with Crippen molar-refractivity contribution >= 4 is 0 Å². The summed E-state index contributed by atoms with van der Waals surface area (Å²) < 4.78 is 0. The molecule has 0 heterocycles. The molecule has 0 aliphatic heterocycles. The third kappa shape index (κ3) is 2.72. The van der Waals surface area contributed by atoms with E-state index in [1.165, 1.54) is 0 Å². The molecule has 0 fully saturated rings. The summed E-state index contributed by atoms with van der Waals surface area (Å²) in [7, 11) is 4.01. The topological polar surface area (TPSA) is 49.5 Å². The van der Waals surface area contributed by atoms with Gasteiger partial charge in [-0.05, 0) is 25.7 Å². The maximum absolute atomic E-state index is 9.65. The fourth-order valence-corrected chi connectivity index (χ4v) is 1.57. The number of nitrogens with zero attached hydrogens (tertiary/aromatic N) is 1. The molecule has 0 radical (unpaired) electrons. The molecule has 14 heavy (non-hydrogen) atoms. The molecule has 3 N–H and O–H groups in total. The second-order valence-corrected chi connectivity index (χ2v) is 3.75. The van der Waals surface area contributed by atoms with Crippen LogP contribution in [0.4, 0.5) is 0 Å². The standard InChI is InChI=1S/C11H18N2O/c1-13(2)8-9(7-12)10-5-3-4-6-11(10)14/h3-6,9,14H,7-8,12H2,1-2H3. The van der Waals surface area contributed by atoms with E-state index in [1.54, 1.807) is 6.07 Å². The van der Waals surface area contributed by atoms with Gasteiger partial charge in [0, 0.05) is 19.0 Å². The Morgan fingerprint density at radius 1 is 1.36 bits per heavy atom. The fourth-order valence-electron chi connectivity index (χ4n) is 1.57. The van der Waals surface area contributed by atoms with Gasteiger partial charge in [0.2, 0.25) is 0 Å².